The van der Waals surface area contributed by atoms with Gasteiger partial charge in [0.25, 0.3) is 0 Å². The summed E-state index contributed by atoms with van der Waals surface area (Å²) in [6, 6.07) is 9.12. The van der Waals surface area contributed by atoms with Crippen LogP contribution in [0.2, 0.25) is 0 Å². The van der Waals surface area contributed by atoms with Crippen LogP contribution >= 0.6 is 0 Å². The second-order valence-electron chi connectivity index (χ2n) is 4.69. The average Bonchev–Trinajstić information content (AvgIpc) is 2.74. The molecule has 0 saturated heterocycles. The highest BCUT2D eigenvalue weighted by atomic mass is 16.4. The molecule has 0 saturated carbocycles. The van der Waals surface area contributed by atoms with E-state index in [0.29, 0.717) is 17.8 Å². The van der Waals surface area contributed by atoms with Crippen LogP contribution in [0.5, 0.6) is 0 Å². The Kier molecular flexibility index (Phi) is 3.60. The number of hydrogen-bond donors (Lipinski definition) is 1. The van der Waals surface area contributed by atoms with Gasteiger partial charge in [0.1, 0.15) is 11.5 Å². The van der Waals surface area contributed by atoms with Crippen LogP contribution in [-0.4, -0.2) is 18.1 Å². The molecule has 19 heavy (non-hydrogen) atoms. The first-order valence-electron chi connectivity index (χ1n) is 6.08. The minimum Gasteiger partial charge on any atom is -0.478 e. The van der Waals surface area contributed by atoms with Crippen LogP contribution in [0.1, 0.15) is 27.4 Å². The van der Waals surface area contributed by atoms with E-state index in [0.717, 1.165) is 17.1 Å². The van der Waals surface area contributed by atoms with Crippen molar-refractivity contribution in [3.05, 3.63) is 53.0 Å². The lowest BCUT2D eigenvalue weighted by molar-refractivity contribution is 0.0697. The van der Waals surface area contributed by atoms with Crippen LogP contribution in [0.25, 0.3) is 0 Å². The fraction of sp³-hybridized carbons (Fsp3) is 0.267. The highest BCUT2D eigenvalue weighted by Gasteiger charge is 2.14. The molecule has 0 amide bonds. The van der Waals surface area contributed by atoms with Gasteiger partial charge in [0.15, 0.2) is 0 Å². The maximum Gasteiger partial charge on any atom is 0.337 e. The normalized spacial score (nSPS) is 10.5. The Morgan fingerprint density at radius 1 is 1.26 bits per heavy atom. The van der Waals surface area contributed by atoms with Crippen LogP contribution in [0, 0.1) is 13.8 Å². The van der Waals surface area contributed by atoms with Crippen LogP contribution in [-0.2, 0) is 6.54 Å². The van der Waals surface area contributed by atoms with Gasteiger partial charge in [-0.05, 0) is 43.7 Å². The van der Waals surface area contributed by atoms with Gasteiger partial charge in [-0.2, -0.15) is 0 Å². The van der Waals surface area contributed by atoms with Crippen molar-refractivity contribution in [3.63, 3.8) is 0 Å². The number of rotatable bonds is 4. The van der Waals surface area contributed by atoms with Crippen molar-refractivity contribution in [2.24, 2.45) is 0 Å². The molecule has 0 aliphatic rings. The first-order valence-corrected chi connectivity index (χ1v) is 6.08. The van der Waals surface area contributed by atoms with E-state index in [4.69, 9.17) is 4.42 Å². The van der Waals surface area contributed by atoms with Gasteiger partial charge < -0.3 is 14.4 Å². The highest BCUT2D eigenvalue weighted by molar-refractivity contribution is 5.94. The molecule has 1 aromatic carbocycles. The third-order valence-electron chi connectivity index (χ3n) is 2.98. The number of furan rings is 1. The second-order valence-corrected chi connectivity index (χ2v) is 4.69. The molecule has 0 spiro atoms. The largest absolute Gasteiger partial charge is 0.478 e. The third-order valence-corrected chi connectivity index (χ3v) is 2.98. The molecule has 0 fully saturated rings. The van der Waals surface area contributed by atoms with Gasteiger partial charge in [0.05, 0.1) is 17.8 Å². The Morgan fingerprint density at radius 2 is 2.00 bits per heavy atom. The number of carboxylic acids is 1. The van der Waals surface area contributed by atoms with Crippen molar-refractivity contribution in [1.82, 2.24) is 0 Å². The third kappa shape index (κ3) is 2.96. The first-order chi connectivity index (χ1) is 8.97. The molecule has 4 nitrogen and oxygen atoms in total. The van der Waals surface area contributed by atoms with Gasteiger partial charge in [0, 0.05) is 7.05 Å². The van der Waals surface area contributed by atoms with Crippen molar-refractivity contribution in [2.75, 3.05) is 11.9 Å². The van der Waals surface area contributed by atoms with Crippen molar-refractivity contribution < 1.29 is 14.3 Å². The molecule has 0 aliphatic carbocycles. The monoisotopic (exact) mass is 259 g/mol. The molecule has 2 aromatic rings. The fourth-order valence-electron chi connectivity index (χ4n) is 2.03. The zero-order valence-corrected chi connectivity index (χ0v) is 11.3. The standard InChI is InChI=1S/C15H17NO3/c1-10-4-7-13(15(17)18)14(8-10)16(3)9-12-6-5-11(2)19-12/h4-8H,9H2,1-3H3,(H,17,18). The summed E-state index contributed by atoms with van der Waals surface area (Å²) in [7, 11) is 1.86. The smallest absolute Gasteiger partial charge is 0.337 e. The zero-order valence-electron chi connectivity index (χ0n) is 11.3. The van der Waals surface area contributed by atoms with E-state index in [1.54, 1.807) is 12.1 Å². The van der Waals surface area contributed by atoms with Gasteiger partial charge in [-0.15, -0.1) is 0 Å². The van der Waals surface area contributed by atoms with E-state index < -0.39 is 5.97 Å². The lowest BCUT2D eigenvalue weighted by atomic mass is 10.1. The number of benzene rings is 1. The summed E-state index contributed by atoms with van der Waals surface area (Å²) < 4.78 is 5.52. The van der Waals surface area contributed by atoms with Crippen molar-refractivity contribution in [1.29, 1.82) is 0 Å². The number of anilines is 1. The van der Waals surface area contributed by atoms with Crippen molar-refractivity contribution in [3.8, 4) is 0 Å². The lowest BCUT2D eigenvalue weighted by Gasteiger charge is -2.20. The summed E-state index contributed by atoms with van der Waals surface area (Å²) in [5, 5.41) is 9.23. The van der Waals surface area contributed by atoms with E-state index >= 15 is 0 Å². The number of nitrogens with zero attached hydrogens (tertiary/aromatic N) is 1. The van der Waals surface area contributed by atoms with Crippen LogP contribution in [0.15, 0.2) is 34.7 Å². The van der Waals surface area contributed by atoms with E-state index in [1.807, 2.05) is 44.0 Å². The average molecular weight is 259 g/mol. The van der Waals surface area contributed by atoms with Gasteiger partial charge in [-0.1, -0.05) is 6.07 Å². The van der Waals surface area contributed by atoms with Gasteiger partial charge >= 0.3 is 5.97 Å². The summed E-state index contributed by atoms with van der Waals surface area (Å²) in [6.45, 7) is 4.37. The number of aromatic carboxylic acids is 1. The summed E-state index contributed by atoms with van der Waals surface area (Å²) in [6.07, 6.45) is 0. The zero-order chi connectivity index (χ0) is 14.0. The summed E-state index contributed by atoms with van der Waals surface area (Å²) in [5.41, 5.74) is 2.03. The molecule has 100 valence electrons. The molecular weight excluding hydrogens is 242 g/mol. The SMILES string of the molecule is Cc1ccc(C(=O)O)c(N(C)Cc2ccc(C)o2)c1. The van der Waals surface area contributed by atoms with Gasteiger partial charge in [0.2, 0.25) is 0 Å². The topological polar surface area (TPSA) is 53.7 Å². The van der Waals surface area contributed by atoms with Crippen molar-refractivity contribution >= 4 is 11.7 Å². The molecule has 1 heterocycles. The summed E-state index contributed by atoms with van der Waals surface area (Å²) in [5.74, 6) is 0.751. The summed E-state index contributed by atoms with van der Waals surface area (Å²) in [4.78, 5) is 13.1. The van der Waals surface area contributed by atoms with E-state index in [2.05, 4.69) is 0 Å². The van der Waals surface area contributed by atoms with Crippen LogP contribution in [0.4, 0.5) is 5.69 Å². The van der Waals surface area contributed by atoms with Gasteiger partial charge in [-0.25, -0.2) is 4.79 Å². The van der Waals surface area contributed by atoms with Crippen LogP contribution in [0.3, 0.4) is 0 Å². The molecule has 0 radical (unpaired) electrons. The van der Waals surface area contributed by atoms with E-state index in [9.17, 15) is 9.90 Å². The molecule has 2 rings (SSSR count). The Morgan fingerprint density at radius 3 is 2.58 bits per heavy atom. The molecule has 0 atom stereocenters. The minimum atomic E-state index is -0.919. The summed E-state index contributed by atoms with van der Waals surface area (Å²) >= 11 is 0. The van der Waals surface area contributed by atoms with E-state index in [1.165, 1.54) is 0 Å². The maximum absolute atomic E-state index is 11.2. The number of aryl methyl sites for hydroxylation is 2. The molecular formula is C15H17NO3. The Hall–Kier alpha value is -2.23. The molecule has 4 heteroatoms. The molecule has 1 aromatic heterocycles. The number of hydrogen-bond acceptors (Lipinski definition) is 3. The fourth-order valence-corrected chi connectivity index (χ4v) is 2.03. The molecule has 0 unspecified atom stereocenters. The Balaban J connectivity index is 2.29. The predicted octanol–water partition coefficient (Wildman–Crippen LogP) is 3.23. The van der Waals surface area contributed by atoms with Gasteiger partial charge in [-0.3, -0.25) is 0 Å². The number of carbonyl (C=O) groups is 1. The maximum atomic E-state index is 11.2. The highest BCUT2D eigenvalue weighted by Crippen LogP contribution is 2.23. The second kappa shape index (κ2) is 5.18. The molecule has 0 aliphatic heterocycles. The molecule has 0 bridgehead atoms. The number of carboxylic acid groups (broad SMARTS) is 1. The predicted molar refractivity (Wildman–Crippen MR) is 73.7 cm³/mol. The van der Waals surface area contributed by atoms with E-state index in [-0.39, 0.29) is 0 Å². The van der Waals surface area contributed by atoms with Crippen molar-refractivity contribution in [2.45, 2.75) is 20.4 Å². The first kappa shape index (κ1) is 13.2. The molecule has 1 N–H and O–H groups in total. The quantitative estimate of drug-likeness (QED) is 0.915. The Labute approximate surface area is 112 Å². The van der Waals surface area contributed by atoms with Crippen LogP contribution < -0.4 is 4.90 Å². The Bertz CT molecular complexity index is 601. The minimum absolute atomic E-state index is 0.302. The lowest BCUT2D eigenvalue weighted by Crippen LogP contribution is -2.19.